The highest BCUT2D eigenvalue weighted by Crippen LogP contribution is 2.22. The first kappa shape index (κ1) is 13.8. The molecule has 3 heterocycles. The van der Waals surface area contributed by atoms with E-state index in [1.807, 2.05) is 0 Å². The maximum absolute atomic E-state index is 12.5. The molecular formula is C11H13ClN4O3S. The zero-order valence-corrected chi connectivity index (χ0v) is 12.1. The topological polar surface area (TPSA) is 75.9 Å². The predicted octanol–water partition coefficient (Wildman–Crippen LogP) is 0.513. The number of hydrazine groups is 1. The van der Waals surface area contributed by atoms with Gasteiger partial charge in [-0.05, 0) is 12.1 Å². The van der Waals surface area contributed by atoms with E-state index in [-0.39, 0.29) is 10.2 Å². The average Bonchev–Trinajstić information content (AvgIpc) is 2.75. The Morgan fingerprint density at radius 1 is 1.30 bits per heavy atom. The van der Waals surface area contributed by atoms with Crippen LogP contribution >= 0.6 is 11.6 Å². The lowest BCUT2D eigenvalue weighted by atomic mass is 10.5. The van der Waals surface area contributed by atoms with Crippen LogP contribution in [0.3, 0.4) is 0 Å². The summed E-state index contributed by atoms with van der Waals surface area (Å²) in [6.07, 6.45) is 1.61. The quantitative estimate of drug-likeness (QED) is 0.893. The summed E-state index contributed by atoms with van der Waals surface area (Å²) in [4.78, 5) is 6.55. The zero-order valence-electron chi connectivity index (χ0n) is 10.5. The lowest BCUT2D eigenvalue weighted by molar-refractivity contribution is 0.0272. The molecule has 0 unspecified atom stereocenters. The number of ether oxygens (including phenoxy) is 1. The van der Waals surface area contributed by atoms with Crippen molar-refractivity contribution in [2.45, 2.75) is 5.03 Å². The van der Waals surface area contributed by atoms with E-state index in [1.165, 1.54) is 4.40 Å². The highest BCUT2D eigenvalue weighted by molar-refractivity contribution is 7.89. The molecule has 0 aromatic carbocycles. The normalized spacial score (nSPS) is 17.6. The molecule has 1 saturated heterocycles. The maximum Gasteiger partial charge on any atom is 0.272 e. The number of morpholine rings is 1. The van der Waals surface area contributed by atoms with Crippen LogP contribution in [-0.2, 0) is 14.8 Å². The van der Waals surface area contributed by atoms with Crippen LogP contribution in [0.15, 0.2) is 29.4 Å². The van der Waals surface area contributed by atoms with Gasteiger partial charge in [0.15, 0.2) is 10.2 Å². The fourth-order valence-electron chi connectivity index (χ4n) is 2.05. The Labute approximate surface area is 121 Å². The number of imidazole rings is 1. The second kappa shape index (κ2) is 5.30. The van der Waals surface area contributed by atoms with E-state index >= 15 is 0 Å². The van der Waals surface area contributed by atoms with Gasteiger partial charge in [0.05, 0.1) is 13.2 Å². The van der Waals surface area contributed by atoms with Crippen molar-refractivity contribution in [3.8, 4) is 0 Å². The second-order valence-electron chi connectivity index (χ2n) is 4.33. The zero-order chi connectivity index (χ0) is 14.2. The van der Waals surface area contributed by atoms with Crippen LogP contribution in [0.25, 0.3) is 5.65 Å². The summed E-state index contributed by atoms with van der Waals surface area (Å²) < 4.78 is 31.5. The van der Waals surface area contributed by atoms with E-state index in [9.17, 15) is 8.42 Å². The summed E-state index contributed by atoms with van der Waals surface area (Å²) in [6, 6.07) is 5.18. The van der Waals surface area contributed by atoms with Gasteiger partial charge in [-0.2, -0.15) is 0 Å². The number of nitrogens with one attached hydrogen (secondary N) is 1. The average molecular weight is 317 g/mol. The van der Waals surface area contributed by atoms with Gasteiger partial charge in [-0.25, -0.2) is 18.4 Å². The molecule has 9 heteroatoms. The minimum absolute atomic E-state index is 0.0445. The number of nitrogens with zero attached hydrogens (tertiary/aromatic N) is 3. The predicted molar refractivity (Wildman–Crippen MR) is 72.9 cm³/mol. The van der Waals surface area contributed by atoms with Crippen molar-refractivity contribution in [1.29, 1.82) is 0 Å². The molecule has 0 atom stereocenters. The molecule has 3 rings (SSSR count). The van der Waals surface area contributed by atoms with Crippen LogP contribution in [0.4, 0.5) is 0 Å². The van der Waals surface area contributed by atoms with Crippen molar-refractivity contribution >= 4 is 27.3 Å². The van der Waals surface area contributed by atoms with Gasteiger partial charge >= 0.3 is 0 Å². The number of fused-ring (bicyclic) bond motifs is 1. The molecule has 2 aromatic heterocycles. The van der Waals surface area contributed by atoms with E-state index < -0.39 is 10.0 Å². The summed E-state index contributed by atoms with van der Waals surface area (Å²) in [6.45, 7) is 1.97. The molecule has 7 nitrogen and oxygen atoms in total. The van der Waals surface area contributed by atoms with Gasteiger partial charge in [0, 0.05) is 19.3 Å². The monoisotopic (exact) mass is 316 g/mol. The first-order valence-corrected chi connectivity index (χ1v) is 7.92. The van der Waals surface area contributed by atoms with Crippen molar-refractivity contribution in [3.63, 3.8) is 0 Å². The van der Waals surface area contributed by atoms with E-state index in [0.717, 1.165) is 0 Å². The van der Waals surface area contributed by atoms with Crippen LogP contribution in [0, 0.1) is 0 Å². The van der Waals surface area contributed by atoms with Crippen molar-refractivity contribution in [2.75, 3.05) is 26.3 Å². The molecule has 1 N–H and O–H groups in total. The van der Waals surface area contributed by atoms with E-state index in [2.05, 4.69) is 9.82 Å². The van der Waals surface area contributed by atoms with Crippen LogP contribution in [0.5, 0.6) is 0 Å². The molecule has 0 radical (unpaired) electrons. The van der Waals surface area contributed by atoms with Gasteiger partial charge in [0.25, 0.3) is 10.0 Å². The van der Waals surface area contributed by atoms with E-state index in [1.54, 1.807) is 29.4 Å². The van der Waals surface area contributed by atoms with Gasteiger partial charge in [-0.1, -0.05) is 17.7 Å². The molecule has 0 saturated carbocycles. The second-order valence-corrected chi connectivity index (χ2v) is 6.26. The van der Waals surface area contributed by atoms with Crippen molar-refractivity contribution in [3.05, 3.63) is 29.5 Å². The number of rotatable bonds is 3. The molecule has 0 spiro atoms. The minimum Gasteiger partial charge on any atom is -0.379 e. The van der Waals surface area contributed by atoms with Crippen LogP contribution in [-0.4, -0.2) is 49.1 Å². The Morgan fingerprint density at radius 3 is 2.80 bits per heavy atom. The summed E-state index contributed by atoms with van der Waals surface area (Å²) in [7, 11) is -3.78. The number of hydrogen-bond acceptors (Lipinski definition) is 5. The van der Waals surface area contributed by atoms with Gasteiger partial charge in [0.2, 0.25) is 0 Å². The van der Waals surface area contributed by atoms with Gasteiger partial charge in [0.1, 0.15) is 5.65 Å². The van der Waals surface area contributed by atoms with E-state index in [4.69, 9.17) is 16.3 Å². The Morgan fingerprint density at radius 2 is 2.05 bits per heavy atom. The first-order valence-electron chi connectivity index (χ1n) is 6.06. The molecule has 20 heavy (non-hydrogen) atoms. The summed E-state index contributed by atoms with van der Waals surface area (Å²) in [5.41, 5.74) is 0.486. The number of hydrogen-bond donors (Lipinski definition) is 1. The fourth-order valence-corrected chi connectivity index (χ4v) is 3.82. The third-order valence-corrected chi connectivity index (χ3v) is 4.73. The third-order valence-electron chi connectivity index (χ3n) is 2.96. The van der Waals surface area contributed by atoms with Crippen molar-refractivity contribution in [2.24, 2.45) is 0 Å². The summed E-state index contributed by atoms with van der Waals surface area (Å²) in [5.74, 6) is 0. The molecule has 1 aliphatic heterocycles. The highest BCUT2D eigenvalue weighted by atomic mass is 35.5. The summed E-state index contributed by atoms with van der Waals surface area (Å²) >= 11 is 5.98. The van der Waals surface area contributed by atoms with Crippen molar-refractivity contribution in [1.82, 2.24) is 19.2 Å². The lowest BCUT2D eigenvalue weighted by Gasteiger charge is -2.26. The molecule has 1 aliphatic rings. The van der Waals surface area contributed by atoms with Crippen LogP contribution < -0.4 is 4.83 Å². The third kappa shape index (κ3) is 2.52. The van der Waals surface area contributed by atoms with Gasteiger partial charge < -0.3 is 4.74 Å². The van der Waals surface area contributed by atoms with Gasteiger partial charge in [-0.3, -0.25) is 4.40 Å². The Balaban J connectivity index is 1.98. The summed E-state index contributed by atoms with van der Waals surface area (Å²) in [5, 5.41) is 1.50. The maximum atomic E-state index is 12.5. The minimum atomic E-state index is -3.78. The number of pyridine rings is 1. The number of halogens is 1. The van der Waals surface area contributed by atoms with Crippen LogP contribution in [0.1, 0.15) is 0 Å². The Kier molecular flexibility index (Phi) is 3.65. The fraction of sp³-hybridized carbons (Fsp3) is 0.364. The molecule has 108 valence electrons. The highest BCUT2D eigenvalue weighted by Gasteiger charge is 2.27. The standard InChI is InChI=1S/C11H13ClN4O3S/c12-10-11(16-4-2-1-3-9(16)13-10)20(17,18)14-15-5-7-19-8-6-15/h1-4,14H,5-8H2. The Hall–Kier alpha value is -1.19. The molecule has 1 fully saturated rings. The molecule has 0 amide bonds. The molecule has 0 aliphatic carbocycles. The smallest absolute Gasteiger partial charge is 0.272 e. The molecule has 0 bridgehead atoms. The molecule has 2 aromatic rings. The number of aromatic nitrogens is 2. The number of sulfonamides is 1. The van der Waals surface area contributed by atoms with Gasteiger partial charge in [-0.15, -0.1) is 4.83 Å². The lowest BCUT2D eigenvalue weighted by Crippen LogP contribution is -2.48. The van der Waals surface area contributed by atoms with E-state index in [0.29, 0.717) is 32.0 Å². The molecular weight excluding hydrogens is 304 g/mol. The Bertz CT molecular complexity index is 724. The largest absolute Gasteiger partial charge is 0.379 e. The SMILES string of the molecule is O=S(=O)(NN1CCOCC1)c1c(Cl)nc2ccccn12. The van der Waals surface area contributed by atoms with Crippen molar-refractivity contribution < 1.29 is 13.2 Å². The first-order chi connectivity index (χ1) is 9.58. The van der Waals surface area contributed by atoms with Crippen LogP contribution in [0.2, 0.25) is 5.15 Å².